The minimum Gasteiger partial charge on any atom is -0.497 e. The Bertz CT molecular complexity index is 1070. The molecule has 0 fully saturated rings. The van der Waals surface area contributed by atoms with E-state index in [0.29, 0.717) is 0 Å². The number of nitrogens with zero attached hydrogens (tertiary/aromatic N) is 1. The molecule has 0 amide bonds. The van der Waals surface area contributed by atoms with Gasteiger partial charge in [-0.2, -0.15) is 0 Å². The molecular formula is C21H15NOS. The molecule has 2 heterocycles. The Balaban J connectivity index is 1.91. The van der Waals surface area contributed by atoms with Gasteiger partial charge in [0.2, 0.25) is 0 Å². The monoisotopic (exact) mass is 329 g/mol. The maximum Gasteiger partial charge on any atom is 0.121 e. The van der Waals surface area contributed by atoms with Crippen LogP contribution in [0.25, 0.3) is 32.6 Å². The van der Waals surface area contributed by atoms with E-state index in [1.165, 1.54) is 32.5 Å². The smallest absolute Gasteiger partial charge is 0.121 e. The molecule has 116 valence electrons. The fraction of sp³-hybridized carbons (Fsp3) is 0.0952. The van der Waals surface area contributed by atoms with E-state index in [2.05, 4.69) is 47.8 Å². The van der Waals surface area contributed by atoms with Crippen LogP contribution in [0.15, 0.2) is 60.0 Å². The number of fused-ring (bicyclic) bond motifs is 5. The predicted molar refractivity (Wildman–Crippen MR) is 99.9 cm³/mol. The largest absolute Gasteiger partial charge is 0.497 e. The fourth-order valence-electron chi connectivity index (χ4n) is 3.62. The van der Waals surface area contributed by atoms with Gasteiger partial charge < -0.3 is 4.74 Å². The van der Waals surface area contributed by atoms with Crippen LogP contribution >= 0.6 is 11.3 Å². The maximum absolute atomic E-state index is 5.40. The van der Waals surface area contributed by atoms with Gasteiger partial charge >= 0.3 is 0 Å². The summed E-state index contributed by atoms with van der Waals surface area (Å²) in [6.45, 7) is 0. The average molecular weight is 329 g/mol. The van der Waals surface area contributed by atoms with Gasteiger partial charge in [-0.15, -0.1) is 11.3 Å². The van der Waals surface area contributed by atoms with E-state index in [4.69, 9.17) is 9.72 Å². The molecule has 0 aliphatic heterocycles. The van der Waals surface area contributed by atoms with E-state index in [1.807, 2.05) is 12.1 Å². The van der Waals surface area contributed by atoms with Crippen LogP contribution in [-0.2, 0) is 6.42 Å². The molecule has 0 bridgehead atoms. The van der Waals surface area contributed by atoms with E-state index in [1.54, 1.807) is 18.4 Å². The van der Waals surface area contributed by atoms with Crippen molar-refractivity contribution in [2.45, 2.75) is 6.42 Å². The molecule has 3 heteroatoms. The van der Waals surface area contributed by atoms with Crippen LogP contribution in [0.2, 0.25) is 0 Å². The second kappa shape index (κ2) is 5.18. The zero-order valence-corrected chi connectivity index (χ0v) is 14.1. The molecular weight excluding hydrogens is 314 g/mol. The number of hydrogen-bond acceptors (Lipinski definition) is 3. The van der Waals surface area contributed by atoms with Crippen LogP contribution in [0.1, 0.15) is 11.1 Å². The molecule has 0 N–H and O–H groups in total. The Morgan fingerprint density at radius 3 is 2.79 bits per heavy atom. The molecule has 2 aromatic heterocycles. The number of methoxy groups -OCH3 is 1. The Labute approximate surface area is 144 Å². The number of aromatic nitrogens is 1. The van der Waals surface area contributed by atoms with Gasteiger partial charge in [0.25, 0.3) is 0 Å². The Morgan fingerprint density at radius 2 is 1.96 bits per heavy atom. The van der Waals surface area contributed by atoms with Gasteiger partial charge in [-0.05, 0) is 45.8 Å². The van der Waals surface area contributed by atoms with Gasteiger partial charge in [-0.25, -0.2) is 4.98 Å². The fourth-order valence-corrected chi connectivity index (χ4v) is 4.36. The average Bonchev–Trinajstić information content (AvgIpc) is 3.28. The van der Waals surface area contributed by atoms with Crippen LogP contribution in [0.5, 0.6) is 5.75 Å². The third-order valence-corrected chi connectivity index (χ3v) is 5.58. The second-order valence-corrected chi connectivity index (χ2v) is 6.96. The summed E-state index contributed by atoms with van der Waals surface area (Å²) < 4.78 is 5.40. The zero-order valence-electron chi connectivity index (χ0n) is 13.2. The Morgan fingerprint density at radius 1 is 1.04 bits per heavy atom. The molecule has 2 nitrogen and oxygen atoms in total. The van der Waals surface area contributed by atoms with Crippen LogP contribution < -0.4 is 4.74 Å². The summed E-state index contributed by atoms with van der Waals surface area (Å²) in [4.78, 5) is 6.24. The standard InChI is InChI=1S/C21H15NOS/c1-23-14-8-9-16-18(12-14)22-21(19-7-4-10-24-19)17-11-13-5-2-3-6-15(13)20(16)17/h2-10,12H,11H2,1H3. The molecule has 5 rings (SSSR count). The molecule has 0 saturated carbocycles. The lowest BCUT2D eigenvalue weighted by Gasteiger charge is -2.12. The number of benzene rings is 2. The minimum absolute atomic E-state index is 0.846. The first-order valence-electron chi connectivity index (χ1n) is 7.98. The highest BCUT2D eigenvalue weighted by Gasteiger charge is 2.25. The van der Waals surface area contributed by atoms with Crippen molar-refractivity contribution < 1.29 is 4.74 Å². The highest BCUT2D eigenvalue weighted by atomic mass is 32.1. The number of thiophene rings is 1. The predicted octanol–water partition coefficient (Wildman–Crippen LogP) is 5.54. The van der Waals surface area contributed by atoms with Crippen molar-refractivity contribution >= 4 is 22.2 Å². The molecule has 0 atom stereocenters. The van der Waals surface area contributed by atoms with Gasteiger partial charge in [0.05, 0.1) is 23.2 Å². The molecule has 0 unspecified atom stereocenters. The quantitative estimate of drug-likeness (QED) is 0.424. The summed E-state index contributed by atoms with van der Waals surface area (Å²) in [6, 6.07) is 19.1. The van der Waals surface area contributed by atoms with Crippen molar-refractivity contribution in [3.63, 3.8) is 0 Å². The minimum atomic E-state index is 0.846. The summed E-state index contributed by atoms with van der Waals surface area (Å²) >= 11 is 1.75. The third-order valence-electron chi connectivity index (χ3n) is 4.70. The normalized spacial score (nSPS) is 12.2. The summed E-state index contributed by atoms with van der Waals surface area (Å²) in [7, 11) is 1.70. The van der Waals surface area contributed by atoms with Crippen molar-refractivity contribution in [2.75, 3.05) is 7.11 Å². The summed E-state index contributed by atoms with van der Waals surface area (Å²) in [6.07, 6.45) is 0.952. The highest BCUT2D eigenvalue weighted by Crippen LogP contribution is 2.45. The van der Waals surface area contributed by atoms with E-state index < -0.39 is 0 Å². The third kappa shape index (κ3) is 1.91. The van der Waals surface area contributed by atoms with Gasteiger partial charge in [0.1, 0.15) is 5.75 Å². The molecule has 0 spiro atoms. The first-order chi connectivity index (χ1) is 11.8. The number of ether oxygens (including phenoxy) is 1. The lowest BCUT2D eigenvalue weighted by atomic mass is 9.99. The lowest BCUT2D eigenvalue weighted by Crippen LogP contribution is -1.94. The van der Waals surface area contributed by atoms with E-state index in [-0.39, 0.29) is 0 Å². The SMILES string of the molecule is COc1ccc2c3c(c(-c4cccs4)nc2c1)Cc1ccccc1-3. The Hall–Kier alpha value is -2.65. The number of pyridine rings is 1. The molecule has 4 aromatic rings. The first-order valence-corrected chi connectivity index (χ1v) is 8.86. The van der Waals surface area contributed by atoms with Gasteiger partial charge in [0, 0.05) is 17.9 Å². The molecule has 24 heavy (non-hydrogen) atoms. The Kier molecular flexibility index (Phi) is 2.97. The van der Waals surface area contributed by atoms with E-state index in [0.717, 1.165) is 23.4 Å². The van der Waals surface area contributed by atoms with Crippen LogP contribution in [0, 0.1) is 0 Å². The summed E-state index contributed by atoms with van der Waals surface area (Å²) in [5.41, 5.74) is 7.50. The van der Waals surface area contributed by atoms with Crippen LogP contribution in [0.4, 0.5) is 0 Å². The van der Waals surface area contributed by atoms with Crippen molar-refractivity contribution in [3.05, 3.63) is 71.1 Å². The highest BCUT2D eigenvalue weighted by molar-refractivity contribution is 7.13. The molecule has 0 radical (unpaired) electrons. The van der Waals surface area contributed by atoms with Crippen molar-refractivity contribution in [1.82, 2.24) is 4.98 Å². The molecule has 0 saturated heterocycles. The van der Waals surface area contributed by atoms with Gasteiger partial charge in [-0.3, -0.25) is 0 Å². The van der Waals surface area contributed by atoms with Crippen LogP contribution in [0.3, 0.4) is 0 Å². The first kappa shape index (κ1) is 13.8. The van der Waals surface area contributed by atoms with E-state index >= 15 is 0 Å². The topological polar surface area (TPSA) is 22.1 Å². The maximum atomic E-state index is 5.40. The molecule has 1 aliphatic rings. The lowest BCUT2D eigenvalue weighted by molar-refractivity contribution is 0.415. The number of rotatable bonds is 2. The van der Waals surface area contributed by atoms with Crippen molar-refractivity contribution in [1.29, 1.82) is 0 Å². The summed E-state index contributed by atoms with van der Waals surface area (Å²) in [5.74, 6) is 0.846. The van der Waals surface area contributed by atoms with Gasteiger partial charge in [0.15, 0.2) is 0 Å². The summed E-state index contributed by atoms with van der Waals surface area (Å²) in [5, 5.41) is 3.32. The van der Waals surface area contributed by atoms with Crippen molar-refractivity contribution in [2.24, 2.45) is 0 Å². The molecule has 1 aliphatic carbocycles. The molecule has 2 aromatic carbocycles. The zero-order chi connectivity index (χ0) is 16.1. The van der Waals surface area contributed by atoms with E-state index in [9.17, 15) is 0 Å². The van der Waals surface area contributed by atoms with Gasteiger partial charge in [-0.1, -0.05) is 30.3 Å². The second-order valence-electron chi connectivity index (χ2n) is 6.01. The number of hydrogen-bond donors (Lipinski definition) is 0. The van der Waals surface area contributed by atoms with Crippen molar-refractivity contribution in [3.8, 4) is 27.4 Å². The van der Waals surface area contributed by atoms with Crippen LogP contribution in [-0.4, -0.2) is 12.1 Å².